The highest BCUT2D eigenvalue weighted by Gasteiger charge is 2.13. The average molecular weight is 214 g/mol. The van der Waals surface area contributed by atoms with Gasteiger partial charge in [-0.15, -0.1) is 22.9 Å². The fourth-order valence-electron chi connectivity index (χ4n) is 1.60. The Labute approximate surface area is 87.5 Å². The monoisotopic (exact) mass is 213 g/mol. The Morgan fingerprint density at radius 2 is 2.46 bits per heavy atom. The van der Waals surface area contributed by atoms with E-state index in [1.165, 1.54) is 12.0 Å². The second-order valence-corrected chi connectivity index (χ2v) is 4.97. The molecule has 0 aliphatic heterocycles. The Morgan fingerprint density at radius 3 is 3.08 bits per heavy atom. The van der Waals surface area contributed by atoms with Gasteiger partial charge in [-0.1, -0.05) is 6.08 Å². The quantitative estimate of drug-likeness (QED) is 0.650. The van der Waals surface area contributed by atoms with E-state index in [-0.39, 0.29) is 5.38 Å². The summed E-state index contributed by atoms with van der Waals surface area (Å²) in [4.78, 5) is 4.46. The number of aromatic nitrogens is 1. The zero-order chi connectivity index (χ0) is 9.26. The first-order valence-corrected chi connectivity index (χ1v) is 5.84. The molecular formula is C10H12ClNS. The van der Waals surface area contributed by atoms with Gasteiger partial charge in [0.1, 0.15) is 0 Å². The molecule has 0 radical (unpaired) electrons. The molecule has 0 aromatic carbocycles. The van der Waals surface area contributed by atoms with Gasteiger partial charge in [0.2, 0.25) is 0 Å². The highest BCUT2D eigenvalue weighted by Crippen LogP contribution is 2.29. The molecule has 1 aliphatic carbocycles. The van der Waals surface area contributed by atoms with Crippen LogP contribution in [0.2, 0.25) is 0 Å². The van der Waals surface area contributed by atoms with E-state index >= 15 is 0 Å². The van der Waals surface area contributed by atoms with Gasteiger partial charge in [-0.05, 0) is 31.8 Å². The molecule has 3 heteroatoms. The molecule has 1 aliphatic rings. The molecule has 70 valence electrons. The first-order chi connectivity index (χ1) is 6.25. The minimum absolute atomic E-state index is 0.214. The van der Waals surface area contributed by atoms with Crippen LogP contribution in [0, 0.1) is 6.92 Å². The van der Waals surface area contributed by atoms with Crippen LogP contribution in [-0.4, -0.2) is 10.4 Å². The summed E-state index contributed by atoms with van der Waals surface area (Å²) in [6.07, 6.45) is 5.58. The van der Waals surface area contributed by atoms with Crippen molar-refractivity contribution in [2.45, 2.75) is 31.6 Å². The number of hydrogen-bond donors (Lipinski definition) is 0. The number of hydrogen-bond acceptors (Lipinski definition) is 2. The Balaban J connectivity index is 2.25. The molecule has 1 atom stereocenters. The molecule has 0 N–H and O–H groups in total. The van der Waals surface area contributed by atoms with Crippen LogP contribution >= 0.6 is 22.9 Å². The van der Waals surface area contributed by atoms with Crippen LogP contribution < -0.4 is 0 Å². The highest BCUT2D eigenvalue weighted by atomic mass is 35.5. The van der Waals surface area contributed by atoms with Crippen molar-refractivity contribution < 1.29 is 0 Å². The van der Waals surface area contributed by atoms with E-state index in [0.29, 0.717) is 0 Å². The summed E-state index contributed by atoms with van der Waals surface area (Å²) in [5.41, 5.74) is 2.46. The van der Waals surface area contributed by atoms with Crippen molar-refractivity contribution >= 4 is 28.5 Å². The van der Waals surface area contributed by atoms with Crippen molar-refractivity contribution in [3.63, 3.8) is 0 Å². The largest absolute Gasteiger partial charge is 0.242 e. The molecule has 0 bridgehead atoms. The lowest BCUT2D eigenvalue weighted by Crippen LogP contribution is -2.02. The Hall–Kier alpha value is -0.340. The van der Waals surface area contributed by atoms with Crippen molar-refractivity contribution in [1.82, 2.24) is 4.98 Å². The lowest BCUT2D eigenvalue weighted by Gasteiger charge is -2.14. The minimum Gasteiger partial charge on any atom is -0.242 e. The first kappa shape index (κ1) is 9.22. The smallest absolute Gasteiger partial charge is 0.0901 e. The number of aryl methyl sites for hydroxylation is 1. The molecule has 13 heavy (non-hydrogen) atoms. The normalized spacial score (nSPS) is 22.9. The van der Waals surface area contributed by atoms with Crippen LogP contribution in [0.15, 0.2) is 11.5 Å². The van der Waals surface area contributed by atoms with Crippen molar-refractivity contribution in [1.29, 1.82) is 0 Å². The maximum absolute atomic E-state index is 6.07. The van der Waals surface area contributed by atoms with Crippen LogP contribution in [0.4, 0.5) is 0 Å². The summed E-state index contributed by atoms with van der Waals surface area (Å²) >= 11 is 7.77. The molecule has 1 nitrogen and oxygen atoms in total. The van der Waals surface area contributed by atoms with Crippen LogP contribution in [0.3, 0.4) is 0 Å². The fourth-order valence-corrected chi connectivity index (χ4v) is 2.54. The third-order valence-electron chi connectivity index (χ3n) is 2.26. The third-order valence-corrected chi connectivity index (χ3v) is 3.37. The summed E-state index contributed by atoms with van der Waals surface area (Å²) < 4.78 is 0. The molecule has 1 unspecified atom stereocenters. The number of rotatable bonds is 1. The van der Waals surface area contributed by atoms with Gasteiger partial charge in [-0.25, -0.2) is 4.98 Å². The van der Waals surface area contributed by atoms with Gasteiger partial charge in [0.05, 0.1) is 16.1 Å². The van der Waals surface area contributed by atoms with E-state index in [9.17, 15) is 0 Å². The van der Waals surface area contributed by atoms with Crippen LogP contribution in [-0.2, 0) is 0 Å². The summed E-state index contributed by atoms with van der Waals surface area (Å²) in [5, 5.41) is 3.47. The molecule has 0 saturated heterocycles. The van der Waals surface area contributed by atoms with E-state index in [4.69, 9.17) is 11.6 Å². The molecule has 1 aromatic rings. The zero-order valence-corrected chi connectivity index (χ0v) is 9.16. The topological polar surface area (TPSA) is 12.9 Å². The summed E-state index contributed by atoms with van der Waals surface area (Å²) in [6, 6.07) is 0. The van der Waals surface area contributed by atoms with Crippen molar-refractivity contribution in [3.8, 4) is 0 Å². The summed E-state index contributed by atoms with van der Waals surface area (Å²) in [6.45, 7) is 2.04. The van der Waals surface area contributed by atoms with Gasteiger partial charge in [0, 0.05) is 5.38 Å². The second-order valence-electron chi connectivity index (χ2n) is 3.35. The first-order valence-electron chi connectivity index (χ1n) is 4.53. The number of nitrogens with zero attached hydrogens (tertiary/aromatic N) is 1. The SMILES string of the molecule is Cc1nc(C2=CC(Cl)CCC2)cs1. The fraction of sp³-hybridized carbons (Fsp3) is 0.500. The van der Waals surface area contributed by atoms with E-state index in [2.05, 4.69) is 16.4 Å². The van der Waals surface area contributed by atoms with E-state index in [1.807, 2.05) is 6.92 Å². The number of allylic oxidation sites excluding steroid dienone is 2. The van der Waals surface area contributed by atoms with Crippen molar-refractivity contribution in [2.24, 2.45) is 0 Å². The van der Waals surface area contributed by atoms with Crippen molar-refractivity contribution in [2.75, 3.05) is 0 Å². The maximum atomic E-state index is 6.07. The highest BCUT2D eigenvalue weighted by molar-refractivity contribution is 7.09. The van der Waals surface area contributed by atoms with E-state index < -0.39 is 0 Å². The standard InChI is InChI=1S/C10H12ClNS/c1-7-12-10(6-13-7)8-3-2-4-9(11)5-8/h5-6,9H,2-4H2,1H3. The lowest BCUT2D eigenvalue weighted by molar-refractivity contribution is 0.746. The lowest BCUT2D eigenvalue weighted by atomic mass is 9.97. The predicted octanol–water partition coefficient (Wildman–Crippen LogP) is 3.63. The number of alkyl halides is 1. The number of thiazole rings is 1. The van der Waals surface area contributed by atoms with E-state index in [1.54, 1.807) is 11.3 Å². The van der Waals surface area contributed by atoms with Crippen LogP contribution in [0.25, 0.3) is 5.57 Å². The average Bonchev–Trinajstić information content (AvgIpc) is 2.52. The van der Waals surface area contributed by atoms with Gasteiger partial charge >= 0.3 is 0 Å². The molecule has 0 saturated carbocycles. The Kier molecular flexibility index (Phi) is 2.70. The van der Waals surface area contributed by atoms with Gasteiger partial charge in [0.25, 0.3) is 0 Å². The minimum atomic E-state index is 0.214. The number of halogens is 1. The Bertz CT molecular complexity index is 329. The molecule has 1 heterocycles. The predicted molar refractivity (Wildman–Crippen MR) is 58.3 cm³/mol. The molecule has 1 aromatic heterocycles. The maximum Gasteiger partial charge on any atom is 0.0901 e. The third kappa shape index (κ3) is 2.12. The molecular weight excluding hydrogens is 202 g/mol. The van der Waals surface area contributed by atoms with Crippen molar-refractivity contribution in [3.05, 3.63) is 22.2 Å². The zero-order valence-electron chi connectivity index (χ0n) is 7.59. The summed E-state index contributed by atoms with van der Waals surface area (Å²) in [5.74, 6) is 0. The van der Waals surface area contributed by atoms with Gasteiger partial charge in [-0.3, -0.25) is 0 Å². The van der Waals surface area contributed by atoms with Crippen LogP contribution in [0.1, 0.15) is 30.0 Å². The summed E-state index contributed by atoms with van der Waals surface area (Å²) in [7, 11) is 0. The van der Waals surface area contributed by atoms with Gasteiger partial charge in [-0.2, -0.15) is 0 Å². The van der Waals surface area contributed by atoms with E-state index in [0.717, 1.165) is 23.5 Å². The Morgan fingerprint density at radius 1 is 1.62 bits per heavy atom. The molecule has 0 fully saturated rings. The van der Waals surface area contributed by atoms with Crippen LogP contribution in [0.5, 0.6) is 0 Å². The second kappa shape index (κ2) is 3.81. The molecule has 2 rings (SSSR count). The molecule has 0 spiro atoms. The molecule has 0 amide bonds. The van der Waals surface area contributed by atoms with Gasteiger partial charge < -0.3 is 0 Å². The van der Waals surface area contributed by atoms with Gasteiger partial charge in [0.15, 0.2) is 0 Å².